The van der Waals surface area contributed by atoms with Gasteiger partial charge in [-0.25, -0.2) is 5.84 Å². The topological polar surface area (TPSA) is 89.2 Å². The van der Waals surface area contributed by atoms with Crippen LogP contribution < -0.4 is 20.9 Å². The monoisotopic (exact) mass is 266 g/mol. The fourth-order valence-electron chi connectivity index (χ4n) is 2.20. The van der Waals surface area contributed by atoms with Crippen LogP contribution in [0.3, 0.4) is 0 Å². The zero-order valence-electron chi connectivity index (χ0n) is 11.8. The number of nitrogens with two attached hydrogens (primary N) is 1. The normalized spacial score (nSPS) is 19.6. The molecule has 7 heteroatoms. The van der Waals surface area contributed by atoms with Gasteiger partial charge in [0.15, 0.2) is 0 Å². The van der Waals surface area contributed by atoms with Crippen molar-refractivity contribution in [3.05, 3.63) is 0 Å². The van der Waals surface area contributed by atoms with Crippen molar-refractivity contribution < 1.29 is 4.74 Å². The van der Waals surface area contributed by atoms with Crippen LogP contribution in [0.1, 0.15) is 40.0 Å². The van der Waals surface area contributed by atoms with Gasteiger partial charge in [-0.05, 0) is 40.0 Å². The lowest BCUT2D eigenvalue weighted by Crippen LogP contribution is -2.39. The highest BCUT2D eigenvalue weighted by molar-refractivity contribution is 5.39. The Morgan fingerprint density at radius 2 is 2.11 bits per heavy atom. The molecular weight excluding hydrogens is 244 g/mol. The predicted octanol–water partition coefficient (Wildman–Crippen LogP) is 1.32. The average Bonchev–Trinajstić information content (AvgIpc) is 2.38. The maximum absolute atomic E-state index is 5.54. The summed E-state index contributed by atoms with van der Waals surface area (Å²) >= 11 is 0. The van der Waals surface area contributed by atoms with Gasteiger partial charge in [0.25, 0.3) is 0 Å². The molecule has 0 spiro atoms. The Labute approximate surface area is 113 Å². The highest BCUT2D eigenvalue weighted by atomic mass is 16.5. The molecule has 0 radical (unpaired) electrons. The molecule has 1 fully saturated rings. The molecule has 0 amide bonds. The summed E-state index contributed by atoms with van der Waals surface area (Å²) in [5.41, 5.74) is 2.47. The van der Waals surface area contributed by atoms with Crippen LogP contribution in [-0.2, 0) is 0 Å². The van der Waals surface area contributed by atoms with Gasteiger partial charge in [-0.15, -0.1) is 0 Å². The molecule has 0 aliphatic carbocycles. The summed E-state index contributed by atoms with van der Waals surface area (Å²) in [7, 11) is 0. The molecule has 1 aromatic rings. The molecular formula is C12H22N6O. The van der Waals surface area contributed by atoms with Crippen LogP contribution in [0.4, 0.5) is 11.9 Å². The molecule has 106 valence electrons. The van der Waals surface area contributed by atoms with E-state index in [1.54, 1.807) is 0 Å². The first-order valence-corrected chi connectivity index (χ1v) is 6.76. The number of ether oxygens (including phenoxy) is 1. The molecule has 0 aromatic carbocycles. The Morgan fingerprint density at radius 1 is 1.32 bits per heavy atom. The lowest BCUT2D eigenvalue weighted by atomic mass is 10.0. The number of hydrazine groups is 1. The largest absolute Gasteiger partial charge is 0.461 e. The maximum atomic E-state index is 5.54. The molecule has 7 nitrogen and oxygen atoms in total. The summed E-state index contributed by atoms with van der Waals surface area (Å²) in [6.45, 7) is 7.00. The van der Waals surface area contributed by atoms with E-state index in [9.17, 15) is 0 Å². The summed E-state index contributed by atoms with van der Waals surface area (Å²) in [6, 6.07) is 0.736. The van der Waals surface area contributed by atoms with Crippen LogP contribution in [0.25, 0.3) is 0 Å². The Hall–Kier alpha value is -1.63. The Morgan fingerprint density at radius 3 is 2.74 bits per heavy atom. The second kappa shape index (κ2) is 6.01. The van der Waals surface area contributed by atoms with E-state index in [1.165, 1.54) is 6.42 Å². The average molecular weight is 266 g/mol. The number of anilines is 2. The van der Waals surface area contributed by atoms with E-state index in [1.807, 2.05) is 13.8 Å². The van der Waals surface area contributed by atoms with Crippen molar-refractivity contribution in [2.45, 2.75) is 52.2 Å². The Balaban J connectivity index is 2.27. The summed E-state index contributed by atoms with van der Waals surface area (Å²) < 4.78 is 5.54. The van der Waals surface area contributed by atoms with Gasteiger partial charge in [-0.3, -0.25) is 5.43 Å². The third-order valence-corrected chi connectivity index (χ3v) is 3.13. The van der Waals surface area contributed by atoms with Gasteiger partial charge in [-0.2, -0.15) is 15.0 Å². The SMILES string of the molecule is CC(C)Oc1nc(NN)nc(N2CCCCC2C)n1. The first-order valence-electron chi connectivity index (χ1n) is 6.76. The minimum Gasteiger partial charge on any atom is -0.461 e. The van der Waals surface area contributed by atoms with Gasteiger partial charge in [0.1, 0.15) is 0 Å². The van der Waals surface area contributed by atoms with E-state index < -0.39 is 0 Å². The molecule has 1 aliphatic rings. The fourth-order valence-corrected chi connectivity index (χ4v) is 2.20. The van der Waals surface area contributed by atoms with Crippen molar-refractivity contribution in [3.63, 3.8) is 0 Å². The zero-order chi connectivity index (χ0) is 13.8. The van der Waals surface area contributed by atoms with Crippen molar-refractivity contribution >= 4 is 11.9 Å². The summed E-state index contributed by atoms with van der Waals surface area (Å²) in [6.07, 6.45) is 3.57. The van der Waals surface area contributed by atoms with Crippen molar-refractivity contribution in [1.29, 1.82) is 0 Å². The minimum absolute atomic E-state index is 0.0136. The molecule has 1 atom stereocenters. The predicted molar refractivity (Wildman–Crippen MR) is 74.1 cm³/mol. The van der Waals surface area contributed by atoms with E-state index in [0.717, 1.165) is 19.4 Å². The highest BCUT2D eigenvalue weighted by Gasteiger charge is 2.22. The molecule has 1 aliphatic heterocycles. The summed E-state index contributed by atoms with van der Waals surface area (Å²) in [5, 5.41) is 0. The molecule has 0 bridgehead atoms. The van der Waals surface area contributed by atoms with Gasteiger partial charge in [0.05, 0.1) is 6.10 Å². The Kier molecular flexibility index (Phi) is 4.36. The molecule has 0 saturated carbocycles. The molecule has 1 saturated heterocycles. The number of rotatable bonds is 4. The van der Waals surface area contributed by atoms with Crippen LogP contribution in [-0.4, -0.2) is 33.6 Å². The minimum atomic E-state index is 0.0136. The number of hydrogen-bond acceptors (Lipinski definition) is 7. The fraction of sp³-hybridized carbons (Fsp3) is 0.750. The summed E-state index contributed by atoms with van der Waals surface area (Å²) in [5.74, 6) is 6.37. The van der Waals surface area contributed by atoms with Crippen molar-refractivity contribution in [2.75, 3.05) is 16.9 Å². The summed E-state index contributed by atoms with van der Waals surface area (Å²) in [4.78, 5) is 15.0. The van der Waals surface area contributed by atoms with Gasteiger partial charge < -0.3 is 9.64 Å². The number of nitrogens with one attached hydrogen (secondary N) is 1. The molecule has 1 aromatic heterocycles. The molecule has 1 unspecified atom stereocenters. The van der Waals surface area contributed by atoms with E-state index in [2.05, 4.69) is 32.2 Å². The number of hydrogen-bond donors (Lipinski definition) is 2. The van der Waals surface area contributed by atoms with Gasteiger partial charge >= 0.3 is 6.01 Å². The third-order valence-electron chi connectivity index (χ3n) is 3.13. The zero-order valence-corrected chi connectivity index (χ0v) is 11.8. The van der Waals surface area contributed by atoms with E-state index in [0.29, 0.717) is 23.9 Å². The molecule has 3 N–H and O–H groups in total. The van der Waals surface area contributed by atoms with E-state index in [4.69, 9.17) is 10.6 Å². The molecule has 19 heavy (non-hydrogen) atoms. The number of piperidine rings is 1. The van der Waals surface area contributed by atoms with Gasteiger partial charge in [-0.1, -0.05) is 0 Å². The van der Waals surface area contributed by atoms with Crippen molar-refractivity contribution in [1.82, 2.24) is 15.0 Å². The molecule has 2 heterocycles. The van der Waals surface area contributed by atoms with E-state index in [-0.39, 0.29) is 6.10 Å². The third kappa shape index (κ3) is 3.44. The standard InChI is InChI=1S/C12H22N6O/c1-8(2)19-12-15-10(17-13)14-11(16-12)18-7-5-4-6-9(18)3/h8-9H,4-7,13H2,1-3H3,(H,14,15,16,17). The van der Waals surface area contributed by atoms with Crippen molar-refractivity contribution in [3.8, 4) is 6.01 Å². The van der Waals surface area contributed by atoms with Crippen LogP contribution in [0.5, 0.6) is 6.01 Å². The van der Waals surface area contributed by atoms with Gasteiger partial charge in [0, 0.05) is 12.6 Å². The van der Waals surface area contributed by atoms with E-state index >= 15 is 0 Å². The van der Waals surface area contributed by atoms with Crippen LogP contribution >= 0.6 is 0 Å². The highest BCUT2D eigenvalue weighted by Crippen LogP contribution is 2.23. The number of nitrogen functional groups attached to an aromatic ring is 1. The van der Waals surface area contributed by atoms with Crippen LogP contribution in [0, 0.1) is 0 Å². The van der Waals surface area contributed by atoms with Crippen molar-refractivity contribution in [2.24, 2.45) is 5.84 Å². The van der Waals surface area contributed by atoms with Crippen LogP contribution in [0.2, 0.25) is 0 Å². The van der Waals surface area contributed by atoms with Crippen LogP contribution in [0.15, 0.2) is 0 Å². The maximum Gasteiger partial charge on any atom is 0.323 e. The first kappa shape index (κ1) is 13.8. The smallest absolute Gasteiger partial charge is 0.323 e. The quantitative estimate of drug-likeness (QED) is 0.627. The Bertz CT molecular complexity index is 425. The second-order valence-corrected chi connectivity index (χ2v) is 5.09. The lowest BCUT2D eigenvalue weighted by Gasteiger charge is -2.33. The lowest BCUT2D eigenvalue weighted by molar-refractivity contribution is 0.221. The second-order valence-electron chi connectivity index (χ2n) is 5.09. The number of nitrogens with zero attached hydrogens (tertiary/aromatic N) is 4. The van der Waals surface area contributed by atoms with Gasteiger partial charge in [0.2, 0.25) is 11.9 Å². The number of aromatic nitrogens is 3. The molecule has 2 rings (SSSR count). The first-order chi connectivity index (χ1) is 9.10.